The van der Waals surface area contributed by atoms with Gasteiger partial charge in [0, 0.05) is 47.7 Å². The Hall–Kier alpha value is -4.85. The molecular formula is C20H36N2O18. The zero-order chi connectivity index (χ0) is 33.6. The smallest absolute Gasteiger partial charge is 0.317 e. The van der Waals surface area contributed by atoms with E-state index < -0.39 is 79.9 Å². The molecular weight excluding hydrogens is 556 g/mol. The van der Waals surface area contributed by atoms with E-state index in [1.165, 1.54) is 0 Å². The first-order valence-electron chi connectivity index (χ1n) is 10.2. The molecule has 0 aromatic heterocycles. The third-order valence-corrected chi connectivity index (χ3v) is 2.17. The second-order valence-electron chi connectivity index (χ2n) is 6.59. The molecule has 0 heterocycles. The van der Waals surface area contributed by atoms with Gasteiger partial charge < -0.3 is 46.0 Å². The van der Waals surface area contributed by atoms with Crippen molar-refractivity contribution in [2.75, 3.05) is 39.3 Å². The van der Waals surface area contributed by atoms with E-state index in [1.807, 2.05) is 0 Å². The second-order valence-corrected chi connectivity index (χ2v) is 6.59. The first-order chi connectivity index (χ1) is 17.9. The summed E-state index contributed by atoms with van der Waals surface area (Å²) in [6.45, 7) is 3.17. The highest BCUT2D eigenvalue weighted by Gasteiger charge is 2.18. The van der Waals surface area contributed by atoms with E-state index in [2.05, 4.69) is 0 Å². The predicted molar refractivity (Wildman–Crippen MR) is 130 cm³/mol. The molecule has 0 amide bonds. The van der Waals surface area contributed by atoms with Crippen molar-refractivity contribution in [3.8, 4) is 0 Å². The van der Waals surface area contributed by atoms with Crippen molar-refractivity contribution < 1.29 is 89.1 Å². The average molecular weight is 593 g/mol. The van der Waals surface area contributed by atoms with Gasteiger partial charge >= 0.3 is 23.9 Å². The molecule has 0 aliphatic carbocycles. The molecule has 0 aliphatic heterocycles. The van der Waals surface area contributed by atoms with E-state index in [0.717, 1.165) is 44.4 Å². The number of carboxylic acids is 9. The molecule has 0 atom stereocenters. The monoisotopic (exact) mass is 592 g/mol. The standard InChI is InChI=1S/C10H16N2O8.5C2H4O2/c13-7(14)3-11(4-8(15)16)1-2-12(5-9(17)18)6-10(19)20;5*1-2(3)4/h1-6H2,(H,13,14)(H,15,16)(H,17,18)(H,19,20);5*1H3,(H,3,4). The van der Waals surface area contributed by atoms with Crippen LogP contribution in [0.5, 0.6) is 0 Å². The summed E-state index contributed by atoms with van der Waals surface area (Å²) in [5.41, 5.74) is 0. The lowest BCUT2D eigenvalue weighted by atomic mass is 10.4. The number of aliphatic carboxylic acids is 9. The summed E-state index contributed by atoms with van der Waals surface area (Å²) in [5, 5.41) is 71.5. The average Bonchev–Trinajstić information content (AvgIpc) is 2.61. The van der Waals surface area contributed by atoms with Crippen molar-refractivity contribution in [1.82, 2.24) is 9.80 Å². The Kier molecular flexibility index (Phi) is 38.8. The van der Waals surface area contributed by atoms with Crippen molar-refractivity contribution in [1.29, 1.82) is 0 Å². The van der Waals surface area contributed by atoms with E-state index in [1.54, 1.807) is 0 Å². The van der Waals surface area contributed by atoms with Crippen LogP contribution in [0.3, 0.4) is 0 Å². The fraction of sp³-hybridized carbons (Fsp3) is 0.550. The van der Waals surface area contributed by atoms with Crippen LogP contribution >= 0.6 is 0 Å². The molecule has 0 saturated carbocycles. The quantitative estimate of drug-likeness (QED) is 0.130. The SMILES string of the molecule is CC(=O)O.CC(=O)O.CC(=O)O.CC(=O)O.CC(=O)O.O=C(O)CN(CCN(CC(=O)O)CC(=O)O)CC(=O)O. The van der Waals surface area contributed by atoms with Crippen molar-refractivity contribution in [2.24, 2.45) is 0 Å². The van der Waals surface area contributed by atoms with Crippen molar-refractivity contribution in [3.63, 3.8) is 0 Å². The molecule has 0 aliphatic rings. The molecule has 0 fully saturated rings. The highest BCUT2D eigenvalue weighted by Crippen LogP contribution is 1.94. The minimum Gasteiger partial charge on any atom is -0.481 e. The summed E-state index contributed by atoms with van der Waals surface area (Å²) in [5.74, 6) is -9.08. The maximum Gasteiger partial charge on any atom is 0.317 e. The molecule has 0 aromatic rings. The lowest BCUT2D eigenvalue weighted by Gasteiger charge is -2.23. The van der Waals surface area contributed by atoms with Crippen LogP contribution in [0, 0.1) is 0 Å². The van der Waals surface area contributed by atoms with Crippen molar-refractivity contribution in [2.45, 2.75) is 34.6 Å². The topological polar surface area (TPSA) is 342 Å². The van der Waals surface area contributed by atoms with Crippen molar-refractivity contribution >= 4 is 53.7 Å². The van der Waals surface area contributed by atoms with Crippen LogP contribution in [-0.2, 0) is 43.2 Å². The molecule has 0 bridgehead atoms. The lowest BCUT2D eigenvalue weighted by Crippen LogP contribution is -2.43. The van der Waals surface area contributed by atoms with E-state index in [-0.39, 0.29) is 13.1 Å². The largest absolute Gasteiger partial charge is 0.481 e. The van der Waals surface area contributed by atoms with Gasteiger partial charge in [-0.15, -0.1) is 0 Å². The minimum absolute atomic E-state index is 0.0703. The second kappa shape index (κ2) is 32.2. The first-order valence-corrected chi connectivity index (χ1v) is 10.2. The minimum atomic E-state index is -1.23. The predicted octanol–water partition coefficient (Wildman–Crippen LogP) is -1.62. The van der Waals surface area contributed by atoms with Gasteiger partial charge in [-0.1, -0.05) is 0 Å². The Labute approximate surface area is 227 Å². The Balaban J connectivity index is -0.000000116. The normalized spacial score (nSPS) is 8.47. The molecule has 0 spiro atoms. The van der Waals surface area contributed by atoms with Crippen LogP contribution in [0.4, 0.5) is 0 Å². The number of nitrogens with zero attached hydrogens (tertiary/aromatic N) is 2. The summed E-state index contributed by atoms with van der Waals surface area (Å²) >= 11 is 0. The molecule has 40 heavy (non-hydrogen) atoms. The zero-order valence-electron chi connectivity index (χ0n) is 22.3. The van der Waals surface area contributed by atoms with Gasteiger partial charge in [-0.05, 0) is 0 Å². The molecule has 0 unspecified atom stereocenters. The van der Waals surface area contributed by atoms with Crippen LogP contribution in [-0.4, -0.2) is 149 Å². The van der Waals surface area contributed by atoms with Crippen LogP contribution in [0.1, 0.15) is 34.6 Å². The molecule has 0 radical (unpaired) electrons. The highest BCUT2D eigenvalue weighted by atomic mass is 16.4. The Morgan fingerprint density at radius 1 is 0.350 bits per heavy atom. The summed E-state index contributed by atoms with van der Waals surface area (Å²) in [6.07, 6.45) is 0. The summed E-state index contributed by atoms with van der Waals surface area (Å²) in [4.78, 5) is 89.4. The van der Waals surface area contributed by atoms with Crippen molar-refractivity contribution in [3.05, 3.63) is 0 Å². The number of hydrogen-bond donors (Lipinski definition) is 9. The maximum atomic E-state index is 10.6. The third kappa shape index (κ3) is 131. The summed E-state index contributed by atoms with van der Waals surface area (Å²) in [7, 11) is 0. The molecule has 9 N–H and O–H groups in total. The van der Waals surface area contributed by atoms with Gasteiger partial charge in [0.1, 0.15) is 0 Å². The van der Waals surface area contributed by atoms with E-state index in [4.69, 9.17) is 69.9 Å². The number of carboxylic acid groups (broad SMARTS) is 9. The Morgan fingerprint density at radius 2 is 0.450 bits per heavy atom. The maximum absolute atomic E-state index is 10.6. The fourth-order valence-corrected chi connectivity index (χ4v) is 1.48. The molecule has 0 saturated heterocycles. The fourth-order valence-electron chi connectivity index (χ4n) is 1.48. The number of rotatable bonds is 11. The van der Waals surface area contributed by atoms with E-state index in [9.17, 15) is 19.2 Å². The van der Waals surface area contributed by atoms with Gasteiger partial charge in [-0.2, -0.15) is 0 Å². The first kappa shape index (κ1) is 48.2. The van der Waals surface area contributed by atoms with Gasteiger partial charge in [-0.3, -0.25) is 53.0 Å². The van der Waals surface area contributed by atoms with Gasteiger partial charge in [0.2, 0.25) is 0 Å². The van der Waals surface area contributed by atoms with Crippen LogP contribution in [0.25, 0.3) is 0 Å². The highest BCUT2D eigenvalue weighted by molar-refractivity contribution is 5.73. The van der Waals surface area contributed by atoms with E-state index in [0.29, 0.717) is 0 Å². The molecule has 0 rings (SSSR count). The van der Waals surface area contributed by atoms with Crippen LogP contribution in [0.15, 0.2) is 0 Å². The number of carbonyl (C=O) groups is 9. The number of hydrogen-bond acceptors (Lipinski definition) is 11. The summed E-state index contributed by atoms with van der Waals surface area (Å²) < 4.78 is 0. The third-order valence-electron chi connectivity index (χ3n) is 2.17. The molecule has 0 aromatic carbocycles. The van der Waals surface area contributed by atoms with Gasteiger partial charge in [0.05, 0.1) is 26.2 Å². The van der Waals surface area contributed by atoms with Crippen LogP contribution in [0.2, 0.25) is 0 Å². The lowest BCUT2D eigenvalue weighted by molar-refractivity contribution is -0.145. The zero-order valence-corrected chi connectivity index (χ0v) is 22.3. The van der Waals surface area contributed by atoms with E-state index >= 15 is 0 Å². The Bertz CT molecular complexity index is 654. The van der Waals surface area contributed by atoms with Crippen LogP contribution < -0.4 is 0 Å². The van der Waals surface area contributed by atoms with Gasteiger partial charge in [-0.25, -0.2) is 0 Å². The molecule has 20 heteroatoms. The molecule has 20 nitrogen and oxygen atoms in total. The van der Waals surface area contributed by atoms with Gasteiger partial charge in [0.25, 0.3) is 29.8 Å². The summed E-state index contributed by atoms with van der Waals surface area (Å²) in [6, 6.07) is 0. The van der Waals surface area contributed by atoms with Gasteiger partial charge in [0.15, 0.2) is 0 Å². The Morgan fingerprint density at radius 3 is 0.525 bits per heavy atom. The molecule has 234 valence electrons.